The maximum Gasteiger partial charge on any atom is 0.0294 e. The third-order valence-corrected chi connectivity index (χ3v) is 4.17. The first-order chi connectivity index (χ1) is 8.75. The Labute approximate surface area is 112 Å². The Morgan fingerprint density at radius 2 is 1.50 bits per heavy atom. The molecule has 0 radical (unpaired) electrons. The van der Waals surface area contributed by atoms with Crippen molar-refractivity contribution in [3.05, 3.63) is 35.4 Å². The first-order valence-electron chi connectivity index (χ1n) is 7.58. The summed E-state index contributed by atoms with van der Waals surface area (Å²) in [6.07, 6.45) is 9.82. The Balaban J connectivity index is 1.88. The minimum Gasteiger partial charge on any atom is -0.307 e. The summed E-state index contributed by atoms with van der Waals surface area (Å²) in [7, 11) is 0. The van der Waals surface area contributed by atoms with E-state index < -0.39 is 0 Å². The lowest BCUT2D eigenvalue weighted by atomic mass is 9.95. The van der Waals surface area contributed by atoms with E-state index in [9.17, 15) is 0 Å². The molecule has 0 aliphatic heterocycles. The highest BCUT2D eigenvalue weighted by Gasteiger charge is 2.14. The van der Waals surface area contributed by atoms with Gasteiger partial charge in [-0.1, -0.05) is 61.9 Å². The van der Waals surface area contributed by atoms with E-state index in [0.717, 1.165) is 6.04 Å². The van der Waals surface area contributed by atoms with E-state index in [1.54, 1.807) is 0 Å². The minimum absolute atomic E-state index is 0.482. The highest BCUT2D eigenvalue weighted by atomic mass is 14.9. The second-order valence-corrected chi connectivity index (χ2v) is 5.84. The molecule has 1 saturated carbocycles. The monoisotopic (exact) mass is 245 g/mol. The van der Waals surface area contributed by atoms with Gasteiger partial charge in [0.15, 0.2) is 0 Å². The van der Waals surface area contributed by atoms with Crippen LogP contribution < -0.4 is 5.32 Å². The molecular weight excluding hydrogens is 218 g/mol. The summed E-state index contributed by atoms with van der Waals surface area (Å²) < 4.78 is 0. The van der Waals surface area contributed by atoms with E-state index in [1.807, 2.05) is 0 Å². The molecule has 2 rings (SSSR count). The third-order valence-electron chi connectivity index (χ3n) is 4.17. The molecule has 18 heavy (non-hydrogen) atoms. The Kier molecular flexibility index (Phi) is 5.25. The van der Waals surface area contributed by atoms with Crippen LogP contribution in [0.3, 0.4) is 0 Å². The van der Waals surface area contributed by atoms with Gasteiger partial charge in [0.2, 0.25) is 0 Å². The van der Waals surface area contributed by atoms with Crippen LogP contribution >= 0.6 is 0 Å². The highest BCUT2D eigenvalue weighted by Crippen LogP contribution is 2.21. The molecule has 100 valence electrons. The first-order valence-corrected chi connectivity index (χ1v) is 7.58. The number of nitrogens with one attached hydrogen (secondary N) is 1. The van der Waals surface area contributed by atoms with Gasteiger partial charge in [0.05, 0.1) is 0 Å². The van der Waals surface area contributed by atoms with Crippen LogP contribution in [0, 0.1) is 6.92 Å². The molecule has 1 aromatic rings. The highest BCUT2D eigenvalue weighted by molar-refractivity contribution is 5.23. The van der Waals surface area contributed by atoms with Crippen LogP contribution in [0.5, 0.6) is 0 Å². The Morgan fingerprint density at radius 3 is 2.11 bits per heavy atom. The van der Waals surface area contributed by atoms with Crippen LogP contribution in [-0.2, 0) is 0 Å². The molecule has 0 bridgehead atoms. The summed E-state index contributed by atoms with van der Waals surface area (Å²) in [6.45, 7) is 4.44. The molecule has 1 aromatic carbocycles. The molecule has 0 saturated heterocycles. The normalized spacial score (nSPS) is 20.1. The smallest absolute Gasteiger partial charge is 0.0294 e. The molecule has 1 aliphatic carbocycles. The van der Waals surface area contributed by atoms with E-state index in [1.165, 1.54) is 56.1 Å². The second kappa shape index (κ2) is 6.94. The lowest BCUT2D eigenvalue weighted by Gasteiger charge is -2.25. The Morgan fingerprint density at radius 1 is 0.944 bits per heavy atom. The van der Waals surface area contributed by atoms with Gasteiger partial charge in [-0.05, 0) is 32.3 Å². The van der Waals surface area contributed by atoms with Crippen molar-refractivity contribution < 1.29 is 0 Å². The molecule has 1 N–H and O–H groups in total. The fourth-order valence-corrected chi connectivity index (χ4v) is 2.93. The summed E-state index contributed by atoms with van der Waals surface area (Å²) in [5.74, 6) is 0. The van der Waals surface area contributed by atoms with Gasteiger partial charge in [-0.3, -0.25) is 0 Å². The van der Waals surface area contributed by atoms with E-state index in [-0.39, 0.29) is 0 Å². The number of hydrogen-bond acceptors (Lipinski definition) is 1. The summed E-state index contributed by atoms with van der Waals surface area (Å²) in [6, 6.07) is 10.2. The summed E-state index contributed by atoms with van der Waals surface area (Å²) in [5, 5.41) is 3.82. The molecule has 1 nitrogen and oxygen atoms in total. The van der Waals surface area contributed by atoms with Crippen molar-refractivity contribution in [1.29, 1.82) is 0 Å². The lowest BCUT2D eigenvalue weighted by molar-refractivity contribution is 0.363. The third kappa shape index (κ3) is 4.13. The standard InChI is InChI=1S/C17H27N/c1-14-10-12-16(13-11-14)15(2)18-17-8-6-4-3-5-7-9-17/h10-13,15,17-18H,3-9H2,1-2H3. The zero-order chi connectivity index (χ0) is 12.8. The van der Waals surface area contributed by atoms with E-state index in [4.69, 9.17) is 0 Å². The molecule has 1 heteroatoms. The fourth-order valence-electron chi connectivity index (χ4n) is 2.93. The van der Waals surface area contributed by atoms with Gasteiger partial charge in [0.1, 0.15) is 0 Å². The minimum atomic E-state index is 0.482. The fraction of sp³-hybridized carbons (Fsp3) is 0.647. The quantitative estimate of drug-likeness (QED) is 0.809. The van der Waals surface area contributed by atoms with Crippen molar-refractivity contribution in [2.24, 2.45) is 0 Å². The van der Waals surface area contributed by atoms with Gasteiger partial charge < -0.3 is 5.32 Å². The average molecular weight is 245 g/mol. The lowest BCUT2D eigenvalue weighted by Crippen LogP contribution is -2.32. The summed E-state index contributed by atoms with van der Waals surface area (Å²) in [5.41, 5.74) is 2.76. The van der Waals surface area contributed by atoms with Gasteiger partial charge in [0.25, 0.3) is 0 Å². The van der Waals surface area contributed by atoms with Crippen molar-refractivity contribution >= 4 is 0 Å². The molecule has 0 amide bonds. The summed E-state index contributed by atoms with van der Waals surface area (Å²) in [4.78, 5) is 0. The van der Waals surface area contributed by atoms with Crippen molar-refractivity contribution in [2.45, 2.75) is 70.9 Å². The van der Waals surface area contributed by atoms with Gasteiger partial charge in [-0.25, -0.2) is 0 Å². The number of rotatable bonds is 3. The Bertz CT molecular complexity index is 333. The molecule has 1 unspecified atom stereocenters. The zero-order valence-electron chi connectivity index (χ0n) is 11.9. The molecule has 1 fully saturated rings. The number of benzene rings is 1. The number of hydrogen-bond donors (Lipinski definition) is 1. The predicted octanol–water partition coefficient (Wildman–Crippen LogP) is 4.76. The summed E-state index contributed by atoms with van der Waals surface area (Å²) >= 11 is 0. The van der Waals surface area contributed by atoms with Crippen molar-refractivity contribution in [2.75, 3.05) is 0 Å². The van der Waals surface area contributed by atoms with Crippen LogP contribution in [0.25, 0.3) is 0 Å². The maximum absolute atomic E-state index is 3.82. The Hall–Kier alpha value is -0.820. The zero-order valence-corrected chi connectivity index (χ0v) is 11.9. The second-order valence-electron chi connectivity index (χ2n) is 5.84. The van der Waals surface area contributed by atoms with E-state index in [0.29, 0.717) is 6.04 Å². The van der Waals surface area contributed by atoms with Crippen molar-refractivity contribution in [3.63, 3.8) is 0 Å². The number of aryl methyl sites for hydroxylation is 1. The van der Waals surface area contributed by atoms with Crippen molar-refractivity contribution in [3.8, 4) is 0 Å². The van der Waals surface area contributed by atoms with Crippen LogP contribution in [0.4, 0.5) is 0 Å². The van der Waals surface area contributed by atoms with Gasteiger partial charge in [0, 0.05) is 12.1 Å². The van der Waals surface area contributed by atoms with Crippen LogP contribution in [0.2, 0.25) is 0 Å². The molecular formula is C17H27N. The van der Waals surface area contributed by atoms with Crippen LogP contribution in [0.15, 0.2) is 24.3 Å². The van der Waals surface area contributed by atoms with Gasteiger partial charge in [-0.2, -0.15) is 0 Å². The SMILES string of the molecule is Cc1ccc(C(C)NC2CCCCCCC2)cc1. The van der Waals surface area contributed by atoms with E-state index >= 15 is 0 Å². The van der Waals surface area contributed by atoms with Crippen molar-refractivity contribution in [1.82, 2.24) is 5.32 Å². The average Bonchev–Trinajstić information content (AvgIpc) is 2.33. The van der Waals surface area contributed by atoms with Crippen LogP contribution in [-0.4, -0.2) is 6.04 Å². The molecule has 0 aromatic heterocycles. The molecule has 1 atom stereocenters. The van der Waals surface area contributed by atoms with Gasteiger partial charge >= 0.3 is 0 Å². The molecule has 0 heterocycles. The van der Waals surface area contributed by atoms with E-state index in [2.05, 4.69) is 43.4 Å². The molecule has 0 spiro atoms. The molecule has 1 aliphatic rings. The van der Waals surface area contributed by atoms with Gasteiger partial charge in [-0.15, -0.1) is 0 Å². The topological polar surface area (TPSA) is 12.0 Å². The van der Waals surface area contributed by atoms with Crippen LogP contribution in [0.1, 0.15) is 69.0 Å². The first kappa shape index (κ1) is 13.6. The predicted molar refractivity (Wildman–Crippen MR) is 78.8 cm³/mol. The largest absolute Gasteiger partial charge is 0.307 e. The maximum atomic E-state index is 3.82.